The van der Waals surface area contributed by atoms with Gasteiger partial charge in [0, 0.05) is 49.8 Å². The summed E-state index contributed by atoms with van der Waals surface area (Å²) in [5.41, 5.74) is 0. The summed E-state index contributed by atoms with van der Waals surface area (Å²) in [6, 6.07) is 0. The molecule has 0 bridgehead atoms. The maximum absolute atomic E-state index is 10.1. The van der Waals surface area contributed by atoms with E-state index in [-0.39, 0.29) is 25.9 Å². The molecule has 206 valence electrons. The van der Waals surface area contributed by atoms with Gasteiger partial charge in [0.05, 0.1) is 19.8 Å². The normalized spacial score (nSPS) is 44.9. The Morgan fingerprint density at radius 1 is 0.457 bits per heavy atom. The molecular weight excluding hydrogens is 472 g/mol. The van der Waals surface area contributed by atoms with Crippen molar-refractivity contribution in [3.05, 3.63) is 0 Å². The SMILES string of the molecule is COC1COC(OC2C(OC)COC(O[C@@H]3CO[C@H](O)[C@H](OC)[C@H]3OC)C2OC)C(OC)C1OC. The molecule has 8 unspecified atom stereocenters. The molecule has 3 fully saturated rings. The number of hydrogen-bond donors (Lipinski definition) is 1. The van der Waals surface area contributed by atoms with E-state index < -0.39 is 67.7 Å². The summed E-state index contributed by atoms with van der Waals surface area (Å²) >= 11 is 0. The van der Waals surface area contributed by atoms with Crippen LogP contribution in [0.5, 0.6) is 0 Å². The molecule has 1 N–H and O–H groups in total. The molecule has 3 aliphatic heterocycles. The molecule has 3 aliphatic rings. The molecule has 0 amide bonds. The van der Waals surface area contributed by atoms with Crippen LogP contribution in [0.2, 0.25) is 0 Å². The number of aliphatic hydroxyl groups excluding tert-OH is 1. The fourth-order valence-corrected chi connectivity index (χ4v) is 4.81. The van der Waals surface area contributed by atoms with E-state index in [1.165, 1.54) is 21.3 Å². The molecule has 0 aromatic carbocycles. The van der Waals surface area contributed by atoms with Crippen molar-refractivity contribution < 1.29 is 61.9 Å². The van der Waals surface area contributed by atoms with Crippen LogP contribution in [0.1, 0.15) is 0 Å². The van der Waals surface area contributed by atoms with Gasteiger partial charge in [-0.3, -0.25) is 0 Å². The van der Waals surface area contributed by atoms with Gasteiger partial charge >= 0.3 is 0 Å². The zero-order chi connectivity index (χ0) is 25.5. The summed E-state index contributed by atoms with van der Waals surface area (Å²) in [6.07, 6.45) is -7.82. The first-order valence-electron chi connectivity index (χ1n) is 11.5. The quantitative estimate of drug-likeness (QED) is 0.361. The van der Waals surface area contributed by atoms with Gasteiger partial charge in [-0.1, -0.05) is 0 Å². The van der Waals surface area contributed by atoms with Crippen LogP contribution in [0, 0.1) is 0 Å². The monoisotopic (exact) mass is 512 g/mol. The molecule has 35 heavy (non-hydrogen) atoms. The van der Waals surface area contributed by atoms with Gasteiger partial charge in [0.15, 0.2) is 18.9 Å². The lowest BCUT2D eigenvalue weighted by molar-refractivity contribution is -0.359. The number of ether oxygens (including phenoxy) is 12. The summed E-state index contributed by atoms with van der Waals surface area (Å²) in [4.78, 5) is 0. The second kappa shape index (κ2) is 13.9. The summed E-state index contributed by atoms with van der Waals surface area (Å²) in [7, 11) is 10.8. The summed E-state index contributed by atoms with van der Waals surface area (Å²) in [5, 5.41) is 10.1. The minimum Gasteiger partial charge on any atom is -0.376 e. The molecule has 13 nitrogen and oxygen atoms in total. The topological polar surface area (TPSA) is 131 Å². The van der Waals surface area contributed by atoms with Crippen LogP contribution in [0.15, 0.2) is 0 Å². The highest BCUT2D eigenvalue weighted by atomic mass is 16.8. The minimum atomic E-state index is -1.14. The maximum atomic E-state index is 10.1. The Bertz CT molecular complexity index is 612. The average molecular weight is 513 g/mol. The van der Waals surface area contributed by atoms with Crippen LogP contribution in [-0.2, 0) is 56.8 Å². The highest BCUT2D eigenvalue weighted by Gasteiger charge is 2.50. The van der Waals surface area contributed by atoms with E-state index in [1.54, 1.807) is 28.4 Å². The number of rotatable bonds is 11. The average Bonchev–Trinajstić information content (AvgIpc) is 2.88. The van der Waals surface area contributed by atoms with Crippen molar-refractivity contribution in [3.8, 4) is 0 Å². The highest BCUT2D eigenvalue weighted by molar-refractivity contribution is 4.93. The molecule has 0 saturated carbocycles. The lowest BCUT2D eigenvalue weighted by Gasteiger charge is -2.47. The van der Waals surface area contributed by atoms with Crippen LogP contribution in [-0.4, -0.2) is 149 Å². The van der Waals surface area contributed by atoms with Gasteiger partial charge in [-0.15, -0.1) is 0 Å². The molecule has 0 aliphatic carbocycles. The Hall–Kier alpha value is -0.520. The Balaban J connectivity index is 1.76. The highest BCUT2D eigenvalue weighted by Crippen LogP contribution is 2.31. The lowest BCUT2D eigenvalue weighted by Crippen LogP contribution is -2.63. The summed E-state index contributed by atoms with van der Waals surface area (Å²) in [6.45, 7) is 0.500. The van der Waals surface area contributed by atoms with Gasteiger partial charge in [0.25, 0.3) is 0 Å². The van der Waals surface area contributed by atoms with E-state index in [0.29, 0.717) is 0 Å². The second-order valence-electron chi connectivity index (χ2n) is 8.45. The van der Waals surface area contributed by atoms with Crippen molar-refractivity contribution in [2.24, 2.45) is 0 Å². The lowest BCUT2D eigenvalue weighted by atomic mass is 10.0. The Morgan fingerprint density at radius 3 is 1.40 bits per heavy atom. The van der Waals surface area contributed by atoms with E-state index in [0.717, 1.165) is 0 Å². The number of aliphatic hydroxyl groups is 1. The van der Waals surface area contributed by atoms with E-state index in [2.05, 4.69) is 0 Å². The molecule has 3 saturated heterocycles. The zero-order valence-electron chi connectivity index (χ0n) is 21.4. The van der Waals surface area contributed by atoms with Crippen molar-refractivity contribution in [3.63, 3.8) is 0 Å². The van der Waals surface area contributed by atoms with Crippen LogP contribution < -0.4 is 0 Å². The van der Waals surface area contributed by atoms with Crippen molar-refractivity contribution in [1.29, 1.82) is 0 Å². The molecule has 0 aromatic heterocycles. The fraction of sp³-hybridized carbons (Fsp3) is 1.00. The number of methoxy groups -OCH3 is 7. The number of hydrogen-bond acceptors (Lipinski definition) is 13. The smallest absolute Gasteiger partial charge is 0.187 e. The van der Waals surface area contributed by atoms with Gasteiger partial charge in [-0.25, -0.2) is 0 Å². The van der Waals surface area contributed by atoms with E-state index in [9.17, 15) is 5.11 Å². The first-order valence-corrected chi connectivity index (χ1v) is 11.5. The van der Waals surface area contributed by atoms with Crippen molar-refractivity contribution in [2.75, 3.05) is 69.6 Å². The molecule has 0 aromatic rings. The van der Waals surface area contributed by atoms with Gasteiger partial charge < -0.3 is 61.9 Å². The molecular formula is C22H40O13. The first kappa shape index (κ1) is 29.0. The fourth-order valence-electron chi connectivity index (χ4n) is 4.81. The summed E-state index contributed by atoms with van der Waals surface area (Å²) < 4.78 is 68.9. The molecule has 13 heteroatoms. The molecule has 12 atom stereocenters. The Kier molecular flexibility index (Phi) is 11.5. The van der Waals surface area contributed by atoms with Gasteiger partial charge in [-0.05, 0) is 0 Å². The minimum absolute atomic E-state index is 0.0699. The third kappa shape index (κ3) is 6.32. The molecule has 3 heterocycles. The molecule has 0 spiro atoms. The van der Waals surface area contributed by atoms with Crippen LogP contribution in [0.4, 0.5) is 0 Å². The zero-order valence-corrected chi connectivity index (χ0v) is 21.4. The molecule has 3 rings (SSSR count). The van der Waals surface area contributed by atoms with Gasteiger partial charge in [0.1, 0.15) is 54.9 Å². The Morgan fingerprint density at radius 2 is 0.886 bits per heavy atom. The third-order valence-electron chi connectivity index (χ3n) is 6.74. The Labute approximate surface area is 206 Å². The third-order valence-corrected chi connectivity index (χ3v) is 6.74. The van der Waals surface area contributed by atoms with Crippen molar-refractivity contribution in [2.45, 2.75) is 73.8 Å². The van der Waals surface area contributed by atoms with Crippen molar-refractivity contribution in [1.82, 2.24) is 0 Å². The van der Waals surface area contributed by atoms with Crippen LogP contribution in [0.3, 0.4) is 0 Å². The maximum Gasteiger partial charge on any atom is 0.187 e. The predicted octanol–water partition coefficient (Wildman–Crippen LogP) is -1.08. The van der Waals surface area contributed by atoms with Crippen LogP contribution >= 0.6 is 0 Å². The van der Waals surface area contributed by atoms with Gasteiger partial charge in [0.2, 0.25) is 0 Å². The first-order chi connectivity index (χ1) is 17.0. The van der Waals surface area contributed by atoms with E-state index in [4.69, 9.17) is 56.8 Å². The predicted molar refractivity (Wildman–Crippen MR) is 117 cm³/mol. The largest absolute Gasteiger partial charge is 0.376 e. The summed E-state index contributed by atoms with van der Waals surface area (Å²) in [5.74, 6) is 0. The van der Waals surface area contributed by atoms with Crippen molar-refractivity contribution >= 4 is 0 Å². The standard InChI is InChI=1S/C22H40O13/c1-24-11-8-33-22(18(29-6)14(11)26-3)35-16-12(25-2)9-32-21(19(16)30-7)34-13-10-31-20(23)17(28-5)15(13)27-4/h11-23H,8-10H2,1-7H3/t11?,12?,13-,14?,15+,16?,17-,18?,19?,20+,21?,22?/m1/s1. The van der Waals surface area contributed by atoms with Crippen LogP contribution in [0.25, 0.3) is 0 Å². The molecule has 0 radical (unpaired) electrons. The van der Waals surface area contributed by atoms with E-state index in [1.807, 2.05) is 0 Å². The van der Waals surface area contributed by atoms with Gasteiger partial charge in [-0.2, -0.15) is 0 Å². The van der Waals surface area contributed by atoms with E-state index >= 15 is 0 Å². The second-order valence-corrected chi connectivity index (χ2v) is 8.45.